The molecule has 0 N–H and O–H groups in total. The van der Waals surface area contributed by atoms with Crippen LogP contribution in [-0.2, 0) is 0 Å². The molecule has 0 spiro atoms. The Morgan fingerprint density at radius 3 is 0.944 bits per heavy atom. The average Bonchev–Trinajstić information content (AvgIpc) is 3.80. The number of benzene rings is 9. The minimum atomic E-state index is 1.12. The molecule has 54 heavy (non-hydrogen) atoms. The van der Waals surface area contributed by atoms with Crippen LogP contribution >= 0.6 is 22.7 Å². The van der Waals surface area contributed by atoms with Crippen LogP contribution in [0.15, 0.2) is 194 Å². The molecule has 0 atom stereocenters. The van der Waals surface area contributed by atoms with Gasteiger partial charge in [0, 0.05) is 84.6 Å². The van der Waals surface area contributed by atoms with E-state index in [0.717, 1.165) is 22.7 Å². The predicted octanol–water partition coefficient (Wildman–Crippen LogP) is 15.7. The number of para-hydroxylation sites is 2. The lowest BCUT2D eigenvalue weighted by Gasteiger charge is -2.32. The molecule has 0 fully saturated rings. The molecule has 0 unspecified atom stereocenters. The van der Waals surface area contributed by atoms with Gasteiger partial charge in [-0.15, -0.1) is 22.7 Å². The molecule has 0 aliphatic heterocycles. The number of fused-ring (bicyclic) bond motifs is 8. The third-order valence-electron chi connectivity index (χ3n) is 10.6. The molecule has 254 valence electrons. The molecule has 0 aliphatic carbocycles. The summed E-state index contributed by atoms with van der Waals surface area (Å²) in [6.45, 7) is 0. The Morgan fingerprint density at radius 1 is 0.241 bits per heavy atom. The highest BCUT2D eigenvalue weighted by Gasteiger charge is 2.26. The molecule has 0 aliphatic rings. The summed E-state index contributed by atoms with van der Waals surface area (Å²) >= 11 is 3.72. The summed E-state index contributed by atoms with van der Waals surface area (Å²) in [4.78, 5) is 4.93. The van der Waals surface area contributed by atoms with E-state index in [1.807, 2.05) is 22.7 Å². The van der Waals surface area contributed by atoms with Crippen molar-refractivity contribution in [1.82, 2.24) is 0 Å². The maximum atomic E-state index is 2.47. The number of rotatable bonds is 6. The molecule has 4 heteroatoms. The second-order valence-electron chi connectivity index (χ2n) is 13.7. The highest BCUT2D eigenvalue weighted by Crippen LogP contribution is 2.52. The highest BCUT2D eigenvalue weighted by molar-refractivity contribution is 7.26. The second-order valence-corrected chi connectivity index (χ2v) is 15.9. The Hall–Kier alpha value is -6.46. The quantitative estimate of drug-likeness (QED) is 0.124. The van der Waals surface area contributed by atoms with Gasteiger partial charge in [-0.3, -0.25) is 0 Å². The van der Waals surface area contributed by atoms with Crippen molar-refractivity contribution in [1.29, 1.82) is 0 Å². The smallest absolute Gasteiger partial charge is 0.0619 e. The van der Waals surface area contributed by atoms with Crippen LogP contribution in [-0.4, -0.2) is 0 Å². The van der Waals surface area contributed by atoms with Crippen molar-refractivity contribution in [3.8, 4) is 0 Å². The number of hydrogen-bond donors (Lipinski definition) is 0. The summed E-state index contributed by atoms with van der Waals surface area (Å²) < 4.78 is 5.19. The standard InChI is InChI=1S/C50H32N2S2/c1-3-15-33(16-4-1)51(35-27-29-39-37-19-11-13-25-45(37)53-47(39)31-35)49-41-21-7-9-23-43(41)50(44-24-10-8-22-42(44)49)52(34-17-5-2-6-18-34)36-28-30-40-38-20-12-14-26-46(38)54-48(40)32-36/h1-32H. The second kappa shape index (κ2) is 12.6. The first kappa shape index (κ1) is 31.1. The van der Waals surface area contributed by atoms with Crippen molar-refractivity contribution in [3.05, 3.63) is 194 Å². The van der Waals surface area contributed by atoms with Crippen LogP contribution in [0.1, 0.15) is 0 Å². The van der Waals surface area contributed by atoms with Crippen LogP contribution in [0.4, 0.5) is 34.1 Å². The zero-order chi connectivity index (χ0) is 35.6. The zero-order valence-corrected chi connectivity index (χ0v) is 30.8. The summed E-state index contributed by atoms with van der Waals surface area (Å²) in [5, 5.41) is 9.98. The fraction of sp³-hybridized carbons (Fsp3) is 0. The van der Waals surface area contributed by atoms with E-state index >= 15 is 0 Å². The van der Waals surface area contributed by atoms with Gasteiger partial charge in [-0.05, 0) is 60.7 Å². The van der Waals surface area contributed by atoms with Gasteiger partial charge in [-0.25, -0.2) is 0 Å². The molecule has 11 rings (SSSR count). The largest absolute Gasteiger partial charge is 0.309 e. The minimum absolute atomic E-state index is 1.12. The molecule has 2 nitrogen and oxygen atoms in total. The predicted molar refractivity (Wildman–Crippen MR) is 237 cm³/mol. The molecule has 0 saturated carbocycles. The maximum Gasteiger partial charge on any atom is 0.0619 e. The van der Waals surface area contributed by atoms with Crippen LogP contribution in [0.3, 0.4) is 0 Å². The normalized spacial score (nSPS) is 11.7. The Kier molecular flexibility index (Phi) is 7.25. The van der Waals surface area contributed by atoms with Gasteiger partial charge in [-0.1, -0.05) is 133 Å². The molecule has 9 aromatic carbocycles. The lowest BCUT2D eigenvalue weighted by molar-refractivity contribution is 1.30. The van der Waals surface area contributed by atoms with Crippen molar-refractivity contribution in [2.45, 2.75) is 0 Å². The molecule has 2 heterocycles. The number of nitrogens with zero attached hydrogens (tertiary/aromatic N) is 2. The van der Waals surface area contributed by atoms with Crippen molar-refractivity contribution in [2.24, 2.45) is 0 Å². The fourth-order valence-electron chi connectivity index (χ4n) is 8.24. The van der Waals surface area contributed by atoms with Crippen LogP contribution in [0.2, 0.25) is 0 Å². The first-order valence-electron chi connectivity index (χ1n) is 18.3. The first-order chi connectivity index (χ1) is 26.8. The summed E-state index contributed by atoms with van der Waals surface area (Å²) in [7, 11) is 0. The van der Waals surface area contributed by atoms with Crippen LogP contribution < -0.4 is 9.80 Å². The van der Waals surface area contributed by atoms with E-state index in [2.05, 4.69) is 204 Å². The SMILES string of the molecule is c1ccc(N(c2ccc3c(c2)sc2ccccc23)c2c3ccccc3c(N(c3ccccc3)c3ccc4c(c3)sc3ccccc34)c3ccccc23)cc1. The molecule has 0 bridgehead atoms. The topological polar surface area (TPSA) is 6.48 Å². The Morgan fingerprint density at radius 2 is 0.556 bits per heavy atom. The molecule has 11 aromatic rings. The fourth-order valence-corrected chi connectivity index (χ4v) is 10.5. The Bertz CT molecular complexity index is 2910. The van der Waals surface area contributed by atoms with Gasteiger partial charge in [0.15, 0.2) is 0 Å². The van der Waals surface area contributed by atoms with Gasteiger partial charge in [0.05, 0.1) is 11.4 Å². The van der Waals surface area contributed by atoms with Gasteiger partial charge in [0.2, 0.25) is 0 Å². The first-order valence-corrected chi connectivity index (χ1v) is 19.9. The van der Waals surface area contributed by atoms with Gasteiger partial charge in [-0.2, -0.15) is 0 Å². The lowest BCUT2D eigenvalue weighted by Crippen LogP contribution is -2.14. The highest BCUT2D eigenvalue weighted by atomic mass is 32.1. The van der Waals surface area contributed by atoms with E-state index in [-0.39, 0.29) is 0 Å². The summed E-state index contributed by atoms with van der Waals surface area (Å²) in [6.07, 6.45) is 0. The summed E-state index contributed by atoms with van der Waals surface area (Å²) in [5.41, 5.74) is 6.86. The zero-order valence-electron chi connectivity index (χ0n) is 29.2. The van der Waals surface area contributed by atoms with E-state index in [9.17, 15) is 0 Å². The lowest BCUT2D eigenvalue weighted by atomic mass is 9.95. The van der Waals surface area contributed by atoms with Crippen molar-refractivity contribution in [2.75, 3.05) is 9.80 Å². The van der Waals surface area contributed by atoms with Crippen LogP contribution in [0, 0.1) is 0 Å². The molecule has 2 aromatic heterocycles. The number of hydrogen-bond acceptors (Lipinski definition) is 4. The van der Waals surface area contributed by atoms with Crippen LogP contribution in [0.25, 0.3) is 61.9 Å². The van der Waals surface area contributed by atoms with E-state index in [0.29, 0.717) is 0 Å². The summed E-state index contributed by atoms with van der Waals surface area (Å²) in [5.74, 6) is 0. The van der Waals surface area contributed by atoms with Crippen molar-refractivity contribution >= 4 is 119 Å². The van der Waals surface area contributed by atoms with Crippen molar-refractivity contribution in [3.63, 3.8) is 0 Å². The molecule has 0 amide bonds. The van der Waals surface area contributed by atoms with E-state index in [1.165, 1.54) is 73.3 Å². The molecule has 0 radical (unpaired) electrons. The molecule has 0 saturated heterocycles. The number of anilines is 6. The number of thiophene rings is 2. The van der Waals surface area contributed by atoms with Crippen LogP contribution in [0.5, 0.6) is 0 Å². The maximum absolute atomic E-state index is 2.47. The Labute approximate surface area is 321 Å². The minimum Gasteiger partial charge on any atom is -0.309 e. The molecular weight excluding hydrogens is 693 g/mol. The Balaban J connectivity index is 1.21. The van der Waals surface area contributed by atoms with Crippen molar-refractivity contribution < 1.29 is 0 Å². The molecular formula is C50H32N2S2. The third-order valence-corrected chi connectivity index (χ3v) is 12.9. The van der Waals surface area contributed by atoms with E-state index in [1.54, 1.807) is 0 Å². The van der Waals surface area contributed by atoms with Gasteiger partial charge < -0.3 is 9.80 Å². The summed E-state index contributed by atoms with van der Waals surface area (Å²) in [6, 6.07) is 71.0. The monoisotopic (exact) mass is 724 g/mol. The van der Waals surface area contributed by atoms with Gasteiger partial charge in [0.25, 0.3) is 0 Å². The van der Waals surface area contributed by atoms with Gasteiger partial charge >= 0.3 is 0 Å². The van der Waals surface area contributed by atoms with E-state index in [4.69, 9.17) is 0 Å². The van der Waals surface area contributed by atoms with Gasteiger partial charge in [0.1, 0.15) is 0 Å². The van der Waals surface area contributed by atoms with E-state index < -0.39 is 0 Å². The third kappa shape index (κ3) is 4.92. The average molecular weight is 725 g/mol.